The van der Waals surface area contributed by atoms with Crippen molar-refractivity contribution >= 4 is 40.2 Å². The molecule has 0 aliphatic carbocycles. The van der Waals surface area contributed by atoms with Gasteiger partial charge in [-0.3, -0.25) is 9.59 Å². The molecule has 0 saturated heterocycles. The van der Waals surface area contributed by atoms with Gasteiger partial charge in [-0.15, -0.1) is 0 Å². The highest BCUT2D eigenvalue weighted by Crippen LogP contribution is 2.12. The largest absolute Gasteiger partial charge is 0.456 e. The molecule has 0 bridgehead atoms. The second-order valence-electron chi connectivity index (χ2n) is 4.70. The number of hydrogen-bond donors (Lipinski definition) is 1. The zero-order valence-corrected chi connectivity index (χ0v) is 14.1. The molecule has 0 aromatic heterocycles. The summed E-state index contributed by atoms with van der Waals surface area (Å²) in [7, 11) is 0. The molecule has 0 atom stereocenters. The average molecular weight is 409 g/mol. The van der Waals surface area contributed by atoms with Crippen molar-refractivity contribution in [3.63, 3.8) is 0 Å². The van der Waals surface area contributed by atoms with E-state index < -0.39 is 0 Å². The molecule has 1 N–H and O–H groups in total. The molecule has 0 aliphatic rings. The Balaban J connectivity index is 1.70. The summed E-state index contributed by atoms with van der Waals surface area (Å²) in [6.45, 7) is -0.265. The highest BCUT2D eigenvalue weighted by molar-refractivity contribution is 14.1. The third-order valence-corrected chi connectivity index (χ3v) is 3.60. The van der Waals surface area contributed by atoms with E-state index in [1.54, 1.807) is 6.07 Å². The van der Waals surface area contributed by atoms with Crippen LogP contribution in [0.25, 0.3) is 0 Å². The Morgan fingerprint density at radius 3 is 2.55 bits per heavy atom. The number of carbonyl (C=O) groups excluding carboxylic acids is 2. The Hall–Kier alpha value is -1.89. The van der Waals surface area contributed by atoms with Gasteiger partial charge >= 0.3 is 5.97 Å². The van der Waals surface area contributed by atoms with E-state index in [-0.39, 0.29) is 24.9 Å². The van der Waals surface area contributed by atoms with Gasteiger partial charge in [0, 0.05) is 15.7 Å². The van der Waals surface area contributed by atoms with E-state index in [1.165, 1.54) is 0 Å². The van der Waals surface area contributed by atoms with Crippen LogP contribution < -0.4 is 5.32 Å². The summed E-state index contributed by atoms with van der Waals surface area (Å²) in [5.74, 6) is -0.711. The maximum atomic E-state index is 11.7. The van der Waals surface area contributed by atoms with E-state index in [1.807, 2.05) is 48.5 Å². The molecule has 0 fully saturated rings. The lowest BCUT2D eigenvalue weighted by atomic mass is 10.1. The van der Waals surface area contributed by atoms with E-state index in [2.05, 4.69) is 27.9 Å². The van der Waals surface area contributed by atoms with E-state index in [9.17, 15) is 9.59 Å². The van der Waals surface area contributed by atoms with Gasteiger partial charge < -0.3 is 10.1 Å². The zero-order valence-electron chi connectivity index (χ0n) is 11.9. The number of amides is 1. The fraction of sp³-hybridized carbons (Fsp3) is 0.176. The Bertz CT molecular complexity index is 643. The monoisotopic (exact) mass is 409 g/mol. The van der Waals surface area contributed by atoms with Crippen LogP contribution in [0.5, 0.6) is 0 Å². The van der Waals surface area contributed by atoms with E-state index in [4.69, 9.17) is 4.74 Å². The predicted octanol–water partition coefficient (Wildman–Crippen LogP) is 3.41. The number of carbonyl (C=O) groups is 2. The highest BCUT2D eigenvalue weighted by Gasteiger charge is 2.08. The first-order valence-electron chi connectivity index (χ1n) is 6.88. The molecule has 2 aromatic carbocycles. The number of halogens is 1. The average Bonchev–Trinajstić information content (AvgIpc) is 2.52. The Labute approximate surface area is 143 Å². The van der Waals surface area contributed by atoms with Crippen molar-refractivity contribution in [3.8, 4) is 0 Å². The van der Waals surface area contributed by atoms with Crippen molar-refractivity contribution < 1.29 is 14.3 Å². The van der Waals surface area contributed by atoms with Crippen molar-refractivity contribution in [2.75, 3.05) is 11.9 Å². The second kappa shape index (κ2) is 8.53. The van der Waals surface area contributed by atoms with Crippen LogP contribution >= 0.6 is 22.6 Å². The molecule has 2 rings (SSSR count). The zero-order chi connectivity index (χ0) is 15.8. The quantitative estimate of drug-likeness (QED) is 0.588. The standard InChI is InChI=1S/C17H16INO3/c18-14-7-4-8-15(11-14)19-16(20)12-22-17(21)10-9-13-5-2-1-3-6-13/h1-8,11H,9-10,12H2,(H,19,20). The van der Waals surface area contributed by atoms with Gasteiger partial charge in [-0.1, -0.05) is 36.4 Å². The minimum Gasteiger partial charge on any atom is -0.456 e. The number of hydrogen-bond acceptors (Lipinski definition) is 3. The van der Waals surface area contributed by atoms with Crippen LogP contribution in [-0.2, 0) is 20.7 Å². The molecule has 0 heterocycles. The van der Waals surface area contributed by atoms with E-state index in [0.29, 0.717) is 12.1 Å². The molecule has 22 heavy (non-hydrogen) atoms. The first-order valence-corrected chi connectivity index (χ1v) is 7.96. The van der Waals surface area contributed by atoms with Crippen LogP contribution in [0, 0.1) is 3.57 Å². The number of esters is 1. The smallest absolute Gasteiger partial charge is 0.306 e. The first kappa shape index (κ1) is 16.5. The molecule has 114 valence electrons. The molecular formula is C17H16INO3. The van der Waals surface area contributed by atoms with Gasteiger partial charge in [0.15, 0.2) is 6.61 Å². The summed E-state index contributed by atoms with van der Waals surface area (Å²) in [4.78, 5) is 23.3. The minimum absolute atomic E-state index is 0.264. The maximum absolute atomic E-state index is 11.7. The molecule has 0 aliphatic heterocycles. The van der Waals surface area contributed by atoms with Gasteiger partial charge in [-0.25, -0.2) is 0 Å². The lowest BCUT2D eigenvalue weighted by Gasteiger charge is -2.07. The van der Waals surface area contributed by atoms with Crippen molar-refractivity contribution in [1.29, 1.82) is 0 Å². The first-order chi connectivity index (χ1) is 10.6. The summed E-state index contributed by atoms with van der Waals surface area (Å²) in [6.07, 6.45) is 0.874. The Kier molecular flexibility index (Phi) is 6.39. The van der Waals surface area contributed by atoms with Crippen LogP contribution in [0.2, 0.25) is 0 Å². The summed E-state index contributed by atoms with van der Waals surface area (Å²) < 4.78 is 6.00. The van der Waals surface area contributed by atoms with Crippen molar-refractivity contribution in [3.05, 3.63) is 63.7 Å². The maximum Gasteiger partial charge on any atom is 0.306 e. The predicted molar refractivity (Wildman–Crippen MR) is 93.5 cm³/mol. The molecule has 0 saturated carbocycles. The molecule has 5 heteroatoms. The summed E-state index contributed by atoms with van der Waals surface area (Å²) in [5, 5.41) is 2.69. The summed E-state index contributed by atoms with van der Waals surface area (Å²) in [6, 6.07) is 17.1. The fourth-order valence-electron chi connectivity index (χ4n) is 1.87. The number of anilines is 1. The molecule has 0 radical (unpaired) electrons. The van der Waals surface area contributed by atoms with Gasteiger partial charge in [0.1, 0.15) is 0 Å². The van der Waals surface area contributed by atoms with E-state index in [0.717, 1.165) is 9.13 Å². The van der Waals surface area contributed by atoms with Crippen molar-refractivity contribution in [1.82, 2.24) is 0 Å². The SMILES string of the molecule is O=C(COC(=O)CCc1ccccc1)Nc1cccc(I)c1. The number of rotatable bonds is 6. The highest BCUT2D eigenvalue weighted by atomic mass is 127. The van der Waals surface area contributed by atoms with Crippen LogP contribution in [0.15, 0.2) is 54.6 Å². The summed E-state index contributed by atoms with van der Waals surface area (Å²) >= 11 is 2.16. The van der Waals surface area contributed by atoms with Crippen molar-refractivity contribution in [2.24, 2.45) is 0 Å². The van der Waals surface area contributed by atoms with Crippen LogP contribution in [0.4, 0.5) is 5.69 Å². The summed E-state index contributed by atoms with van der Waals surface area (Å²) in [5.41, 5.74) is 1.76. The Morgan fingerprint density at radius 2 is 1.82 bits per heavy atom. The third-order valence-electron chi connectivity index (χ3n) is 2.93. The number of benzene rings is 2. The molecule has 0 unspecified atom stereocenters. The van der Waals surface area contributed by atoms with Crippen molar-refractivity contribution in [2.45, 2.75) is 12.8 Å². The van der Waals surface area contributed by atoms with Crippen LogP contribution in [-0.4, -0.2) is 18.5 Å². The van der Waals surface area contributed by atoms with Gasteiger partial charge in [-0.05, 0) is 52.8 Å². The van der Waals surface area contributed by atoms with Crippen LogP contribution in [0.3, 0.4) is 0 Å². The van der Waals surface area contributed by atoms with E-state index >= 15 is 0 Å². The fourth-order valence-corrected chi connectivity index (χ4v) is 2.42. The van der Waals surface area contributed by atoms with Gasteiger partial charge in [0.2, 0.25) is 0 Å². The topological polar surface area (TPSA) is 55.4 Å². The van der Waals surface area contributed by atoms with Gasteiger partial charge in [0.05, 0.1) is 0 Å². The minimum atomic E-state index is -0.373. The van der Waals surface area contributed by atoms with Gasteiger partial charge in [-0.2, -0.15) is 0 Å². The number of ether oxygens (including phenoxy) is 1. The molecule has 0 spiro atoms. The molecule has 4 nitrogen and oxygen atoms in total. The second-order valence-corrected chi connectivity index (χ2v) is 5.95. The third kappa shape index (κ3) is 5.85. The number of nitrogens with one attached hydrogen (secondary N) is 1. The molecule has 1 amide bonds. The van der Waals surface area contributed by atoms with Gasteiger partial charge in [0.25, 0.3) is 5.91 Å². The molecular weight excluding hydrogens is 393 g/mol. The molecule has 2 aromatic rings. The number of aryl methyl sites for hydroxylation is 1. The van der Waals surface area contributed by atoms with Crippen LogP contribution in [0.1, 0.15) is 12.0 Å². The normalized spacial score (nSPS) is 10.0. The Morgan fingerprint density at radius 1 is 1.05 bits per heavy atom. The lowest BCUT2D eigenvalue weighted by Crippen LogP contribution is -2.21. The lowest BCUT2D eigenvalue weighted by molar-refractivity contribution is -0.147.